The SMILES string of the molecule is CCCCCCOC(=Nc1ccccc1)OCC. The van der Waals surface area contributed by atoms with Crippen LogP contribution in [0.5, 0.6) is 0 Å². The quantitative estimate of drug-likeness (QED) is 0.409. The molecular formula is C15H23NO2. The molecule has 1 aromatic carbocycles. The average molecular weight is 249 g/mol. The van der Waals surface area contributed by atoms with Crippen LogP contribution in [0, 0.1) is 0 Å². The van der Waals surface area contributed by atoms with Crippen LogP contribution in [0.2, 0.25) is 0 Å². The van der Waals surface area contributed by atoms with Crippen LogP contribution in [0.4, 0.5) is 5.69 Å². The van der Waals surface area contributed by atoms with E-state index in [1.165, 1.54) is 19.3 Å². The van der Waals surface area contributed by atoms with Crippen molar-refractivity contribution in [2.24, 2.45) is 4.99 Å². The zero-order chi connectivity index (χ0) is 13.1. The van der Waals surface area contributed by atoms with Crippen LogP contribution in [0.15, 0.2) is 35.3 Å². The average Bonchev–Trinajstić information content (AvgIpc) is 2.40. The first kappa shape index (κ1) is 14.6. The largest absolute Gasteiger partial charge is 0.451 e. The Kier molecular flexibility index (Phi) is 7.69. The van der Waals surface area contributed by atoms with Gasteiger partial charge >= 0.3 is 6.08 Å². The summed E-state index contributed by atoms with van der Waals surface area (Å²) in [4.78, 5) is 4.34. The molecule has 3 nitrogen and oxygen atoms in total. The van der Waals surface area contributed by atoms with Crippen molar-refractivity contribution >= 4 is 11.8 Å². The van der Waals surface area contributed by atoms with E-state index in [9.17, 15) is 0 Å². The molecule has 100 valence electrons. The van der Waals surface area contributed by atoms with Gasteiger partial charge in [0.2, 0.25) is 0 Å². The molecular weight excluding hydrogens is 226 g/mol. The summed E-state index contributed by atoms with van der Waals surface area (Å²) in [6, 6.07) is 9.72. The van der Waals surface area contributed by atoms with E-state index in [0.29, 0.717) is 19.3 Å². The second-order valence-corrected chi connectivity index (χ2v) is 4.06. The summed E-state index contributed by atoms with van der Waals surface area (Å²) in [7, 11) is 0. The third-order valence-corrected chi connectivity index (χ3v) is 2.47. The molecule has 0 saturated heterocycles. The molecule has 0 amide bonds. The van der Waals surface area contributed by atoms with Gasteiger partial charge in [0.05, 0.1) is 18.9 Å². The van der Waals surface area contributed by atoms with Gasteiger partial charge < -0.3 is 9.47 Å². The predicted molar refractivity (Wildman–Crippen MR) is 75.3 cm³/mol. The highest BCUT2D eigenvalue weighted by molar-refractivity contribution is 5.71. The predicted octanol–water partition coefficient (Wildman–Crippen LogP) is 4.31. The molecule has 0 unspecified atom stereocenters. The lowest BCUT2D eigenvalue weighted by Crippen LogP contribution is -2.10. The maximum Gasteiger partial charge on any atom is 0.388 e. The summed E-state index contributed by atoms with van der Waals surface area (Å²) >= 11 is 0. The molecule has 0 radical (unpaired) electrons. The molecule has 0 fully saturated rings. The van der Waals surface area contributed by atoms with Crippen molar-refractivity contribution in [1.29, 1.82) is 0 Å². The van der Waals surface area contributed by atoms with E-state index in [1.807, 2.05) is 37.3 Å². The summed E-state index contributed by atoms with van der Waals surface area (Å²) in [5.41, 5.74) is 0.856. The van der Waals surface area contributed by atoms with Gasteiger partial charge in [-0.2, -0.15) is 4.99 Å². The number of nitrogens with zero attached hydrogens (tertiary/aromatic N) is 1. The van der Waals surface area contributed by atoms with Gasteiger partial charge in [0.25, 0.3) is 0 Å². The van der Waals surface area contributed by atoms with Crippen LogP contribution in [0.25, 0.3) is 0 Å². The fourth-order valence-corrected chi connectivity index (χ4v) is 1.53. The minimum Gasteiger partial charge on any atom is -0.451 e. The number of ether oxygens (including phenoxy) is 2. The fraction of sp³-hybridized carbons (Fsp3) is 0.533. The van der Waals surface area contributed by atoms with Crippen molar-refractivity contribution in [3.8, 4) is 0 Å². The van der Waals surface area contributed by atoms with Crippen LogP contribution >= 0.6 is 0 Å². The Balaban J connectivity index is 2.42. The topological polar surface area (TPSA) is 30.8 Å². The molecule has 3 heteroatoms. The summed E-state index contributed by atoms with van der Waals surface area (Å²) < 4.78 is 10.9. The highest BCUT2D eigenvalue weighted by Crippen LogP contribution is 2.11. The Hall–Kier alpha value is -1.51. The van der Waals surface area contributed by atoms with Crippen LogP contribution in [0.3, 0.4) is 0 Å². The Morgan fingerprint density at radius 3 is 2.44 bits per heavy atom. The van der Waals surface area contributed by atoms with Crippen LogP contribution < -0.4 is 0 Å². The highest BCUT2D eigenvalue weighted by Gasteiger charge is 2.01. The first-order valence-corrected chi connectivity index (χ1v) is 6.76. The van der Waals surface area contributed by atoms with E-state index in [0.717, 1.165) is 12.1 Å². The van der Waals surface area contributed by atoms with Crippen molar-refractivity contribution in [1.82, 2.24) is 0 Å². The van der Waals surface area contributed by atoms with E-state index in [4.69, 9.17) is 9.47 Å². The van der Waals surface area contributed by atoms with E-state index in [-0.39, 0.29) is 0 Å². The monoisotopic (exact) mass is 249 g/mol. The molecule has 0 aliphatic rings. The Labute approximate surface area is 110 Å². The van der Waals surface area contributed by atoms with Gasteiger partial charge in [-0.1, -0.05) is 44.4 Å². The van der Waals surface area contributed by atoms with E-state index in [2.05, 4.69) is 11.9 Å². The summed E-state index contributed by atoms with van der Waals surface area (Å²) in [6.07, 6.45) is 5.11. The molecule has 0 aliphatic heterocycles. The van der Waals surface area contributed by atoms with E-state index >= 15 is 0 Å². The summed E-state index contributed by atoms with van der Waals surface area (Å²) in [5, 5.41) is 0. The molecule has 0 heterocycles. The number of hydrogen-bond donors (Lipinski definition) is 0. The van der Waals surface area contributed by atoms with Gasteiger partial charge in [0, 0.05) is 0 Å². The number of unbranched alkanes of at least 4 members (excludes halogenated alkanes) is 3. The first-order chi connectivity index (χ1) is 8.86. The van der Waals surface area contributed by atoms with E-state index in [1.54, 1.807) is 0 Å². The van der Waals surface area contributed by atoms with Crippen molar-refractivity contribution in [2.45, 2.75) is 39.5 Å². The Bertz CT molecular complexity index is 336. The second kappa shape index (κ2) is 9.51. The Morgan fingerprint density at radius 1 is 1.00 bits per heavy atom. The fourth-order valence-electron chi connectivity index (χ4n) is 1.53. The zero-order valence-electron chi connectivity index (χ0n) is 11.4. The van der Waals surface area contributed by atoms with Crippen LogP contribution in [-0.4, -0.2) is 19.3 Å². The smallest absolute Gasteiger partial charge is 0.388 e. The normalized spacial score (nSPS) is 11.3. The van der Waals surface area contributed by atoms with Crippen molar-refractivity contribution < 1.29 is 9.47 Å². The highest BCUT2D eigenvalue weighted by atomic mass is 16.7. The third-order valence-electron chi connectivity index (χ3n) is 2.47. The van der Waals surface area contributed by atoms with Crippen molar-refractivity contribution in [2.75, 3.05) is 13.2 Å². The van der Waals surface area contributed by atoms with Gasteiger partial charge in [-0.15, -0.1) is 0 Å². The lowest BCUT2D eigenvalue weighted by Gasteiger charge is -2.08. The Morgan fingerprint density at radius 2 is 1.78 bits per heavy atom. The molecule has 0 bridgehead atoms. The zero-order valence-corrected chi connectivity index (χ0v) is 11.4. The van der Waals surface area contributed by atoms with Gasteiger partial charge in [-0.25, -0.2) is 0 Å². The number of aliphatic imine (C=N–C) groups is 1. The molecule has 1 aromatic rings. The lowest BCUT2D eigenvalue weighted by atomic mass is 10.2. The minimum atomic E-state index is 0.375. The molecule has 0 atom stereocenters. The van der Waals surface area contributed by atoms with Crippen LogP contribution in [0.1, 0.15) is 39.5 Å². The molecule has 1 rings (SSSR count). The maximum absolute atomic E-state index is 5.56. The number of hydrogen-bond acceptors (Lipinski definition) is 3. The van der Waals surface area contributed by atoms with E-state index < -0.39 is 0 Å². The minimum absolute atomic E-state index is 0.375. The molecule has 0 aliphatic carbocycles. The molecule has 0 N–H and O–H groups in total. The van der Waals surface area contributed by atoms with Crippen molar-refractivity contribution in [3.63, 3.8) is 0 Å². The third kappa shape index (κ3) is 6.28. The maximum atomic E-state index is 5.56. The summed E-state index contributed by atoms with van der Waals surface area (Å²) in [6.45, 7) is 5.37. The van der Waals surface area contributed by atoms with Crippen molar-refractivity contribution in [3.05, 3.63) is 30.3 Å². The number of para-hydroxylation sites is 1. The standard InChI is InChI=1S/C15H23NO2/c1-3-5-6-10-13-18-15(17-4-2)16-14-11-8-7-9-12-14/h7-9,11-12H,3-6,10,13H2,1-2H3. The molecule has 18 heavy (non-hydrogen) atoms. The van der Waals surface area contributed by atoms with Gasteiger partial charge in [0.15, 0.2) is 0 Å². The molecule has 0 aromatic heterocycles. The van der Waals surface area contributed by atoms with Gasteiger partial charge in [-0.3, -0.25) is 0 Å². The molecule has 0 spiro atoms. The first-order valence-electron chi connectivity index (χ1n) is 6.76. The number of benzene rings is 1. The van der Waals surface area contributed by atoms with Gasteiger partial charge in [0.1, 0.15) is 0 Å². The lowest BCUT2D eigenvalue weighted by molar-refractivity contribution is 0.170. The number of rotatable bonds is 7. The molecule has 0 saturated carbocycles. The second-order valence-electron chi connectivity index (χ2n) is 4.06. The van der Waals surface area contributed by atoms with Gasteiger partial charge in [-0.05, 0) is 25.5 Å². The van der Waals surface area contributed by atoms with Crippen LogP contribution in [-0.2, 0) is 9.47 Å². The summed E-state index contributed by atoms with van der Waals surface area (Å²) in [5.74, 6) is 0.